The minimum absolute atomic E-state index is 0.0325. The van der Waals surface area contributed by atoms with Crippen LogP contribution < -0.4 is 5.32 Å². The van der Waals surface area contributed by atoms with E-state index in [9.17, 15) is 4.79 Å². The van der Waals surface area contributed by atoms with Crippen molar-refractivity contribution in [3.8, 4) is 0 Å². The van der Waals surface area contributed by atoms with Gasteiger partial charge >= 0.3 is 0 Å². The Balaban J connectivity index is 1.94. The summed E-state index contributed by atoms with van der Waals surface area (Å²) >= 11 is 3.38. The normalized spacial score (nSPS) is 23.3. The van der Waals surface area contributed by atoms with Gasteiger partial charge in [0.2, 0.25) is 0 Å². The Morgan fingerprint density at radius 2 is 1.82 bits per heavy atom. The van der Waals surface area contributed by atoms with E-state index in [1.807, 2.05) is 24.3 Å². The van der Waals surface area contributed by atoms with E-state index in [0.29, 0.717) is 12.1 Å². The predicted octanol–water partition coefficient (Wildman–Crippen LogP) is 3.07. The van der Waals surface area contributed by atoms with E-state index in [2.05, 4.69) is 53.8 Å². The van der Waals surface area contributed by atoms with Crippen LogP contribution in [0.25, 0.3) is 0 Å². The van der Waals surface area contributed by atoms with Gasteiger partial charge in [-0.3, -0.25) is 9.69 Å². The van der Waals surface area contributed by atoms with E-state index in [1.54, 1.807) is 0 Å². The van der Waals surface area contributed by atoms with Gasteiger partial charge in [-0.25, -0.2) is 0 Å². The van der Waals surface area contributed by atoms with Gasteiger partial charge in [0.1, 0.15) is 0 Å². The summed E-state index contributed by atoms with van der Waals surface area (Å²) in [5.74, 6) is -0.0325. The second-order valence-corrected chi connectivity index (χ2v) is 7.58. The Morgan fingerprint density at radius 1 is 1.27 bits per heavy atom. The van der Waals surface area contributed by atoms with Gasteiger partial charge in [0.05, 0.1) is 12.2 Å². The van der Waals surface area contributed by atoms with Crippen LogP contribution in [0.2, 0.25) is 0 Å². The maximum atomic E-state index is 12.2. The molecule has 0 saturated carbocycles. The molecule has 5 heteroatoms. The SMILES string of the molecule is C[C@H]1CN(C(C)(C)CNC(=O)c2ccc(Br)cc2)C[C@H](C)O1. The van der Waals surface area contributed by atoms with E-state index in [4.69, 9.17) is 4.74 Å². The summed E-state index contributed by atoms with van der Waals surface area (Å²) in [4.78, 5) is 14.6. The Kier molecular flexibility index (Phi) is 5.64. The first kappa shape index (κ1) is 17.4. The number of carbonyl (C=O) groups is 1. The molecule has 1 aromatic rings. The molecule has 1 fully saturated rings. The number of rotatable bonds is 4. The Hall–Kier alpha value is -0.910. The number of morpholine rings is 1. The lowest BCUT2D eigenvalue weighted by Gasteiger charge is -2.45. The van der Waals surface area contributed by atoms with Crippen molar-refractivity contribution in [3.63, 3.8) is 0 Å². The molecule has 0 radical (unpaired) electrons. The van der Waals surface area contributed by atoms with Crippen LogP contribution in [-0.2, 0) is 4.74 Å². The van der Waals surface area contributed by atoms with Crippen LogP contribution in [0.3, 0.4) is 0 Å². The number of hydrogen-bond donors (Lipinski definition) is 1. The van der Waals surface area contributed by atoms with Crippen molar-refractivity contribution >= 4 is 21.8 Å². The largest absolute Gasteiger partial charge is 0.373 e. The van der Waals surface area contributed by atoms with Gasteiger partial charge in [-0.15, -0.1) is 0 Å². The van der Waals surface area contributed by atoms with Gasteiger partial charge in [-0.1, -0.05) is 15.9 Å². The first-order valence-electron chi connectivity index (χ1n) is 7.72. The molecule has 122 valence electrons. The molecule has 2 rings (SSSR count). The third kappa shape index (κ3) is 4.54. The summed E-state index contributed by atoms with van der Waals surface area (Å²) in [6.45, 7) is 10.9. The molecule has 2 atom stereocenters. The van der Waals surface area contributed by atoms with Crippen LogP contribution in [0, 0.1) is 0 Å². The second kappa shape index (κ2) is 7.11. The molecule has 4 nitrogen and oxygen atoms in total. The molecule has 1 saturated heterocycles. The third-order valence-electron chi connectivity index (χ3n) is 4.06. The highest BCUT2D eigenvalue weighted by Gasteiger charge is 2.33. The lowest BCUT2D eigenvalue weighted by molar-refractivity contribution is -0.0948. The molecular formula is C17H25BrN2O2. The van der Waals surface area contributed by atoms with E-state index in [0.717, 1.165) is 17.6 Å². The second-order valence-electron chi connectivity index (χ2n) is 6.66. The van der Waals surface area contributed by atoms with Gasteiger partial charge in [-0.05, 0) is 52.0 Å². The van der Waals surface area contributed by atoms with E-state index >= 15 is 0 Å². The number of carbonyl (C=O) groups excluding carboxylic acids is 1. The maximum absolute atomic E-state index is 12.2. The summed E-state index contributed by atoms with van der Waals surface area (Å²) in [6.07, 6.45) is 0.454. The number of halogens is 1. The number of benzene rings is 1. The van der Waals surface area contributed by atoms with Crippen molar-refractivity contribution in [1.82, 2.24) is 10.2 Å². The van der Waals surface area contributed by atoms with Crippen LogP contribution in [0.4, 0.5) is 0 Å². The first-order valence-corrected chi connectivity index (χ1v) is 8.51. The molecule has 1 aromatic carbocycles. The Morgan fingerprint density at radius 3 is 2.36 bits per heavy atom. The monoisotopic (exact) mass is 368 g/mol. The quantitative estimate of drug-likeness (QED) is 0.887. The molecule has 0 bridgehead atoms. The third-order valence-corrected chi connectivity index (χ3v) is 4.59. The van der Waals surface area contributed by atoms with Gasteiger partial charge in [0, 0.05) is 35.2 Å². The van der Waals surface area contributed by atoms with E-state index in [1.165, 1.54) is 0 Å². The van der Waals surface area contributed by atoms with Crippen molar-refractivity contribution in [2.24, 2.45) is 0 Å². The number of nitrogens with one attached hydrogen (secondary N) is 1. The Bertz CT molecular complexity index is 506. The van der Waals surface area contributed by atoms with Crippen LogP contribution in [0.5, 0.6) is 0 Å². The summed E-state index contributed by atoms with van der Waals surface area (Å²) in [7, 11) is 0. The van der Waals surface area contributed by atoms with Crippen molar-refractivity contribution in [1.29, 1.82) is 0 Å². The molecular weight excluding hydrogens is 344 g/mol. The van der Waals surface area contributed by atoms with Gasteiger partial charge in [0.15, 0.2) is 0 Å². The topological polar surface area (TPSA) is 41.6 Å². The maximum Gasteiger partial charge on any atom is 0.251 e. The van der Waals surface area contributed by atoms with Crippen LogP contribution in [0.1, 0.15) is 38.1 Å². The molecule has 1 aliphatic heterocycles. The summed E-state index contributed by atoms with van der Waals surface area (Å²) in [5.41, 5.74) is 0.583. The number of hydrogen-bond acceptors (Lipinski definition) is 3. The van der Waals surface area contributed by atoms with E-state index < -0.39 is 0 Å². The van der Waals surface area contributed by atoms with Crippen LogP contribution >= 0.6 is 15.9 Å². The van der Waals surface area contributed by atoms with E-state index in [-0.39, 0.29) is 23.7 Å². The zero-order valence-corrected chi connectivity index (χ0v) is 15.3. The molecule has 22 heavy (non-hydrogen) atoms. The molecule has 1 heterocycles. The zero-order chi connectivity index (χ0) is 16.3. The minimum Gasteiger partial charge on any atom is -0.373 e. The van der Waals surface area contributed by atoms with Crippen LogP contribution in [0.15, 0.2) is 28.7 Å². The molecule has 1 aliphatic rings. The number of ether oxygens (including phenoxy) is 1. The molecule has 0 aromatic heterocycles. The average Bonchev–Trinajstić information content (AvgIpc) is 2.44. The fraction of sp³-hybridized carbons (Fsp3) is 0.588. The predicted molar refractivity (Wildman–Crippen MR) is 92.1 cm³/mol. The lowest BCUT2D eigenvalue weighted by Crippen LogP contribution is -2.58. The van der Waals surface area contributed by atoms with Crippen molar-refractivity contribution < 1.29 is 9.53 Å². The van der Waals surface area contributed by atoms with Gasteiger partial charge in [-0.2, -0.15) is 0 Å². The lowest BCUT2D eigenvalue weighted by atomic mass is 10.00. The Labute approximate surface area is 141 Å². The average molecular weight is 369 g/mol. The number of nitrogens with zero attached hydrogens (tertiary/aromatic N) is 1. The molecule has 0 unspecified atom stereocenters. The van der Waals surface area contributed by atoms with Crippen molar-refractivity contribution in [2.75, 3.05) is 19.6 Å². The summed E-state index contributed by atoms with van der Waals surface area (Å²) in [6, 6.07) is 7.41. The molecule has 1 N–H and O–H groups in total. The number of amides is 1. The standard InChI is InChI=1S/C17H25BrN2O2/c1-12-9-20(10-13(2)22-12)17(3,4)11-19-16(21)14-5-7-15(18)8-6-14/h5-8,12-13H,9-11H2,1-4H3,(H,19,21)/t12-,13-/m0/s1. The zero-order valence-electron chi connectivity index (χ0n) is 13.7. The first-order chi connectivity index (χ1) is 10.3. The fourth-order valence-corrected chi connectivity index (χ4v) is 3.05. The van der Waals surface area contributed by atoms with Crippen LogP contribution in [-0.4, -0.2) is 48.2 Å². The highest BCUT2D eigenvalue weighted by Crippen LogP contribution is 2.21. The smallest absolute Gasteiger partial charge is 0.251 e. The summed E-state index contributed by atoms with van der Waals surface area (Å²) in [5, 5.41) is 3.05. The molecule has 0 spiro atoms. The summed E-state index contributed by atoms with van der Waals surface area (Å²) < 4.78 is 6.76. The fourth-order valence-electron chi connectivity index (χ4n) is 2.78. The highest BCUT2D eigenvalue weighted by atomic mass is 79.9. The van der Waals surface area contributed by atoms with Gasteiger partial charge < -0.3 is 10.1 Å². The minimum atomic E-state index is -0.0999. The molecule has 0 aliphatic carbocycles. The molecule has 1 amide bonds. The van der Waals surface area contributed by atoms with Crippen molar-refractivity contribution in [2.45, 2.75) is 45.4 Å². The highest BCUT2D eigenvalue weighted by molar-refractivity contribution is 9.10. The van der Waals surface area contributed by atoms with Crippen molar-refractivity contribution in [3.05, 3.63) is 34.3 Å². The van der Waals surface area contributed by atoms with Gasteiger partial charge in [0.25, 0.3) is 5.91 Å².